The number of carbonyl (C=O) groups is 1. The predicted molar refractivity (Wildman–Crippen MR) is 78.9 cm³/mol. The normalized spacial score (nSPS) is 12.7. The molecule has 3 aromatic rings. The largest absolute Gasteiger partial charge is 0.438 e. The molecule has 102 valence electrons. The van der Waals surface area contributed by atoms with Crippen molar-refractivity contribution >= 4 is 11.6 Å². The van der Waals surface area contributed by atoms with Crippen molar-refractivity contribution in [1.82, 2.24) is 4.98 Å². The Hall–Kier alpha value is -2.88. The van der Waals surface area contributed by atoms with Gasteiger partial charge in [-0.15, -0.1) is 0 Å². The van der Waals surface area contributed by atoms with E-state index in [1.54, 1.807) is 4.90 Å². The van der Waals surface area contributed by atoms with E-state index in [0.717, 1.165) is 16.8 Å². The molecule has 4 heteroatoms. The van der Waals surface area contributed by atoms with Crippen LogP contribution in [0.25, 0.3) is 11.1 Å². The van der Waals surface area contributed by atoms with Gasteiger partial charge in [0.25, 0.3) is 5.91 Å². The lowest BCUT2D eigenvalue weighted by molar-refractivity contribution is 0.0958. The average Bonchev–Trinajstić information content (AvgIpc) is 3.08. The van der Waals surface area contributed by atoms with E-state index in [9.17, 15) is 4.79 Å². The summed E-state index contributed by atoms with van der Waals surface area (Å²) in [7, 11) is 0. The maximum Gasteiger partial charge on any atom is 0.296 e. The van der Waals surface area contributed by atoms with Gasteiger partial charge in [0.05, 0.1) is 18.4 Å². The standard InChI is InChI=1S/C17H12N2O2/c20-17(16-9-18-11-21-16)19-10-12-5-1-2-6-13(12)14-7-3-4-8-15(14)19/h1-9,11H,10H2. The monoisotopic (exact) mass is 276 g/mol. The molecule has 1 aliphatic rings. The van der Waals surface area contributed by atoms with Gasteiger partial charge in [-0.1, -0.05) is 42.5 Å². The Labute approximate surface area is 121 Å². The highest BCUT2D eigenvalue weighted by Gasteiger charge is 2.28. The van der Waals surface area contributed by atoms with Gasteiger partial charge in [0.15, 0.2) is 6.39 Å². The van der Waals surface area contributed by atoms with Crippen LogP contribution >= 0.6 is 0 Å². The summed E-state index contributed by atoms with van der Waals surface area (Å²) >= 11 is 0. The summed E-state index contributed by atoms with van der Waals surface area (Å²) in [6.07, 6.45) is 2.72. The van der Waals surface area contributed by atoms with Crippen LogP contribution in [0.1, 0.15) is 16.1 Å². The van der Waals surface area contributed by atoms with Crippen molar-refractivity contribution in [2.75, 3.05) is 4.90 Å². The van der Waals surface area contributed by atoms with Gasteiger partial charge in [-0.05, 0) is 17.2 Å². The van der Waals surface area contributed by atoms with Crippen LogP contribution in [0.2, 0.25) is 0 Å². The fraction of sp³-hybridized carbons (Fsp3) is 0.0588. The van der Waals surface area contributed by atoms with Crippen LogP contribution in [0, 0.1) is 0 Å². The Morgan fingerprint density at radius 1 is 1.05 bits per heavy atom. The van der Waals surface area contributed by atoms with E-state index in [0.29, 0.717) is 6.54 Å². The van der Waals surface area contributed by atoms with E-state index in [1.165, 1.54) is 18.2 Å². The molecule has 21 heavy (non-hydrogen) atoms. The molecule has 0 atom stereocenters. The molecule has 1 aliphatic heterocycles. The third kappa shape index (κ3) is 1.84. The van der Waals surface area contributed by atoms with Crippen LogP contribution in [0.3, 0.4) is 0 Å². The van der Waals surface area contributed by atoms with Gasteiger partial charge in [0.2, 0.25) is 5.76 Å². The minimum absolute atomic E-state index is 0.172. The number of hydrogen-bond acceptors (Lipinski definition) is 3. The first-order chi connectivity index (χ1) is 10.3. The highest BCUT2D eigenvalue weighted by molar-refractivity contribution is 6.07. The number of benzene rings is 2. The molecule has 0 N–H and O–H groups in total. The molecule has 1 aromatic heterocycles. The van der Waals surface area contributed by atoms with Crippen molar-refractivity contribution in [3.05, 3.63) is 72.4 Å². The molecule has 0 bridgehead atoms. The minimum Gasteiger partial charge on any atom is -0.438 e. The van der Waals surface area contributed by atoms with Gasteiger partial charge in [-0.2, -0.15) is 0 Å². The van der Waals surface area contributed by atoms with Crippen LogP contribution < -0.4 is 4.90 Å². The number of rotatable bonds is 1. The van der Waals surface area contributed by atoms with Crippen molar-refractivity contribution in [1.29, 1.82) is 0 Å². The third-order valence-electron chi connectivity index (χ3n) is 3.72. The Morgan fingerprint density at radius 3 is 2.62 bits per heavy atom. The van der Waals surface area contributed by atoms with Crippen molar-refractivity contribution < 1.29 is 9.21 Å². The number of fused-ring (bicyclic) bond motifs is 3. The number of para-hydroxylation sites is 1. The number of amides is 1. The lowest BCUT2D eigenvalue weighted by Crippen LogP contribution is -2.32. The van der Waals surface area contributed by atoms with Gasteiger partial charge >= 0.3 is 0 Å². The molecule has 0 radical (unpaired) electrons. The molecular formula is C17H12N2O2. The summed E-state index contributed by atoms with van der Waals surface area (Å²) in [5, 5.41) is 0. The van der Waals surface area contributed by atoms with Crippen molar-refractivity contribution in [3.63, 3.8) is 0 Å². The number of nitrogens with zero attached hydrogens (tertiary/aromatic N) is 2. The number of oxazole rings is 1. The molecule has 0 unspecified atom stereocenters. The molecule has 0 fully saturated rings. The first kappa shape index (κ1) is 11.9. The molecule has 2 aromatic carbocycles. The fourth-order valence-electron chi connectivity index (χ4n) is 2.75. The SMILES string of the molecule is O=C(c1cnco1)N1Cc2ccccc2-c2ccccc21. The molecule has 0 aliphatic carbocycles. The Balaban J connectivity index is 1.87. The van der Waals surface area contributed by atoms with Gasteiger partial charge < -0.3 is 9.32 Å². The lowest BCUT2D eigenvalue weighted by atomic mass is 9.93. The van der Waals surface area contributed by atoms with Crippen molar-refractivity contribution in [2.24, 2.45) is 0 Å². The van der Waals surface area contributed by atoms with Crippen molar-refractivity contribution in [3.8, 4) is 11.1 Å². The summed E-state index contributed by atoms with van der Waals surface area (Å²) < 4.78 is 5.15. The van der Waals surface area contributed by atoms with Crippen molar-refractivity contribution in [2.45, 2.75) is 6.54 Å². The van der Waals surface area contributed by atoms with Gasteiger partial charge in [0, 0.05) is 5.56 Å². The highest BCUT2D eigenvalue weighted by atomic mass is 16.3. The number of anilines is 1. The molecule has 0 saturated heterocycles. The second kappa shape index (κ2) is 4.59. The van der Waals surface area contributed by atoms with E-state index in [1.807, 2.05) is 42.5 Å². The summed E-state index contributed by atoms with van der Waals surface area (Å²) in [6, 6.07) is 16.1. The molecule has 4 nitrogen and oxygen atoms in total. The van der Waals surface area contributed by atoms with Crippen LogP contribution in [-0.2, 0) is 6.54 Å². The minimum atomic E-state index is -0.172. The molecule has 1 amide bonds. The van der Waals surface area contributed by atoms with E-state index < -0.39 is 0 Å². The Bertz CT molecular complexity index is 809. The molecule has 4 rings (SSSR count). The zero-order valence-corrected chi connectivity index (χ0v) is 11.2. The zero-order chi connectivity index (χ0) is 14.2. The van der Waals surface area contributed by atoms with Gasteiger partial charge in [0.1, 0.15) is 0 Å². The first-order valence-electron chi connectivity index (χ1n) is 6.72. The third-order valence-corrected chi connectivity index (χ3v) is 3.72. The lowest BCUT2D eigenvalue weighted by Gasteiger charge is -2.30. The summed E-state index contributed by atoms with van der Waals surface area (Å²) in [4.78, 5) is 18.2. The second-order valence-corrected chi connectivity index (χ2v) is 4.93. The van der Waals surface area contributed by atoms with Crippen LogP contribution in [-0.4, -0.2) is 10.9 Å². The number of hydrogen-bond donors (Lipinski definition) is 0. The number of aromatic nitrogens is 1. The van der Waals surface area contributed by atoms with E-state index in [-0.39, 0.29) is 11.7 Å². The highest BCUT2D eigenvalue weighted by Crippen LogP contribution is 2.39. The molecule has 2 heterocycles. The summed E-state index contributed by atoms with van der Waals surface area (Å²) in [5.41, 5.74) is 4.27. The summed E-state index contributed by atoms with van der Waals surface area (Å²) in [5.74, 6) is 0.0821. The maximum atomic E-state index is 12.6. The Morgan fingerprint density at radius 2 is 1.81 bits per heavy atom. The van der Waals surface area contributed by atoms with Crippen LogP contribution in [0.15, 0.2) is 65.5 Å². The second-order valence-electron chi connectivity index (χ2n) is 4.93. The fourth-order valence-corrected chi connectivity index (χ4v) is 2.75. The molecule has 0 saturated carbocycles. The Kier molecular flexibility index (Phi) is 2.60. The quantitative estimate of drug-likeness (QED) is 0.683. The van der Waals surface area contributed by atoms with Crippen LogP contribution in [0.5, 0.6) is 0 Å². The first-order valence-corrected chi connectivity index (χ1v) is 6.72. The zero-order valence-electron chi connectivity index (χ0n) is 11.2. The van der Waals surface area contributed by atoms with E-state index >= 15 is 0 Å². The predicted octanol–water partition coefficient (Wildman–Crippen LogP) is 3.50. The maximum absolute atomic E-state index is 12.6. The smallest absolute Gasteiger partial charge is 0.296 e. The number of carbonyl (C=O) groups excluding carboxylic acids is 1. The topological polar surface area (TPSA) is 46.3 Å². The molecular weight excluding hydrogens is 264 g/mol. The van der Waals surface area contributed by atoms with Crippen LogP contribution in [0.4, 0.5) is 5.69 Å². The van der Waals surface area contributed by atoms with Gasteiger partial charge in [-0.25, -0.2) is 4.98 Å². The average molecular weight is 276 g/mol. The summed E-state index contributed by atoms with van der Waals surface area (Å²) in [6.45, 7) is 0.534. The van der Waals surface area contributed by atoms with E-state index in [2.05, 4.69) is 11.1 Å². The van der Waals surface area contributed by atoms with E-state index in [4.69, 9.17) is 4.42 Å². The van der Waals surface area contributed by atoms with Gasteiger partial charge in [-0.3, -0.25) is 4.79 Å². The molecule has 0 spiro atoms.